The Hall–Kier alpha value is -5.94. The summed E-state index contributed by atoms with van der Waals surface area (Å²) in [5, 5.41) is 8.05. The van der Waals surface area contributed by atoms with Gasteiger partial charge in [-0.2, -0.15) is 0 Å². The molecule has 6 amide bonds. The van der Waals surface area contributed by atoms with Gasteiger partial charge in [-0.3, -0.25) is 33.8 Å². The average molecular weight is 821 g/mol. The maximum absolute atomic E-state index is 14.4. The quantitative estimate of drug-likeness (QED) is 0.110. The number of benzene rings is 1. The molecule has 18 heteroatoms. The topological polar surface area (TPSA) is 226 Å². The number of carbonyl (C=O) groups excluding carboxylic acids is 8. The van der Waals surface area contributed by atoms with Gasteiger partial charge in [0, 0.05) is 39.0 Å². The zero-order valence-electron chi connectivity index (χ0n) is 34.9. The Morgan fingerprint density at radius 3 is 2.19 bits per heavy atom. The molecule has 59 heavy (non-hydrogen) atoms. The maximum atomic E-state index is 14.4. The number of ketones is 1. The molecule has 1 aromatic heterocycles. The molecule has 1 aromatic carbocycles. The van der Waals surface area contributed by atoms with Crippen molar-refractivity contribution in [1.29, 1.82) is 0 Å². The second-order valence-corrected chi connectivity index (χ2v) is 15.6. The number of esters is 1. The Bertz CT molecular complexity index is 1870. The highest BCUT2D eigenvalue weighted by Crippen LogP contribution is 2.23. The Morgan fingerprint density at radius 1 is 0.898 bits per heavy atom. The fraction of sp³-hybridized carbons (Fsp3) is 0.561. The van der Waals surface area contributed by atoms with Gasteiger partial charge >= 0.3 is 12.1 Å². The Morgan fingerprint density at radius 2 is 1.58 bits per heavy atom. The summed E-state index contributed by atoms with van der Waals surface area (Å²) in [6.45, 7) is 10.9. The first-order chi connectivity index (χ1) is 28.0. The summed E-state index contributed by atoms with van der Waals surface area (Å²) in [6, 6.07) is 1.93. The van der Waals surface area contributed by atoms with Crippen LogP contribution >= 0.6 is 0 Å². The minimum absolute atomic E-state index is 0.000598. The number of aromatic nitrogens is 2. The summed E-state index contributed by atoms with van der Waals surface area (Å²) < 4.78 is 10.5. The van der Waals surface area contributed by atoms with E-state index in [0.29, 0.717) is 25.9 Å². The fourth-order valence-electron chi connectivity index (χ4n) is 6.82. The summed E-state index contributed by atoms with van der Waals surface area (Å²) in [7, 11) is 2.53. The normalized spacial score (nSPS) is 17.0. The van der Waals surface area contributed by atoms with Gasteiger partial charge in [0.05, 0.1) is 25.9 Å². The predicted molar refractivity (Wildman–Crippen MR) is 212 cm³/mol. The van der Waals surface area contributed by atoms with Crippen molar-refractivity contribution in [2.45, 2.75) is 110 Å². The zero-order valence-corrected chi connectivity index (χ0v) is 34.9. The molecule has 3 N–H and O–H groups in total. The third-order valence-corrected chi connectivity index (χ3v) is 10.4. The first-order valence-corrected chi connectivity index (χ1v) is 19.9. The van der Waals surface area contributed by atoms with Gasteiger partial charge in [0.2, 0.25) is 23.5 Å². The van der Waals surface area contributed by atoms with Crippen LogP contribution in [0.1, 0.15) is 82.4 Å². The molecule has 1 saturated heterocycles. The standard InChI is InChI=1S/C41H56N8O10/c1-9-12-28(34(50)39(55)49-22-31(49)40(56)58-8)44-36(52)30(19-25(6)59-41(57)48-18-15-26-13-10-11-14-27(26)21-48)47(7)38(54)33(24(4)5)46-37(53)32(23(2)3)45-35(51)29-20-42-16-17-43-29/h10-11,13-14,16-17,20,23-25,28,30-33H,9,12,15,18-19,21-22H2,1-8H3,(H,44,52)(H,45,51)(H,46,53)/t25-,28-,30-,31?,32-,33-,49?/m0/s1. The van der Waals surface area contributed by atoms with Crippen LogP contribution in [0.3, 0.4) is 0 Å². The molecule has 2 aliphatic rings. The molecule has 2 aromatic rings. The van der Waals surface area contributed by atoms with Crippen LogP contribution in [0.2, 0.25) is 0 Å². The van der Waals surface area contributed by atoms with E-state index < -0.39 is 95.5 Å². The smallest absolute Gasteiger partial charge is 0.410 e. The molecule has 0 bridgehead atoms. The van der Waals surface area contributed by atoms with Crippen LogP contribution in [-0.4, -0.2) is 136 Å². The van der Waals surface area contributed by atoms with E-state index in [1.807, 2.05) is 24.3 Å². The van der Waals surface area contributed by atoms with E-state index in [-0.39, 0.29) is 25.1 Å². The van der Waals surface area contributed by atoms with Crippen molar-refractivity contribution in [2.24, 2.45) is 11.8 Å². The van der Waals surface area contributed by atoms with Crippen LogP contribution in [0.5, 0.6) is 0 Å². The summed E-state index contributed by atoms with van der Waals surface area (Å²) in [4.78, 5) is 119. The third-order valence-electron chi connectivity index (χ3n) is 10.4. The Balaban J connectivity index is 1.56. The van der Waals surface area contributed by atoms with E-state index in [1.54, 1.807) is 46.4 Å². The van der Waals surface area contributed by atoms with Gasteiger partial charge in [-0.15, -0.1) is 0 Å². The fourth-order valence-corrected chi connectivity index (χ4v) is 6.82. The van der Waals surface area contributed by atoms with E-state index in [4.69, 9.17) is 4.74 Å². The molecule has 0 saturated carbocycles. The summed E-state index contributed by atoms with van der Waals surface area (Å²) in [6.07, 6.45) is 3.33. The van der Waals surface area contributed by atoms with Crippen molar-refractivity contribution in [3.8, 4) is 0 Å². The first kappa shape index (κ1) is 45.8. The van der Waals surface area contributed by atoms with Crippen molar-refractivity contribution >= 4 is 47.4 Å². The summed E-state index contributed by atoms with van der Waals surface area (Å²) >= 11 is 0. The van der Waals surface area contributed by atoms with Crippen molar-refractivity contribution in [2.75, 3.05) is 27.2 Å². The highest BCUT2D eigenvalue weighted by atomic mass is 16.6. The minimum Gasteiger partial charge on any atom is -0.467 e. The van der Waals surface area contributed by atoms with E-state index in [1.165, 1.54) is 32.7 Å². The van der Waals surface area contributed by atoms with E-state index in [2.05, 4.69) is 30.7 Å². The van der Waals surface area contributed by atoms with Crippen molar-refractivity contribution < 1.29 is 47.8 Å². The lowest BCUT2D eigenvalue weighted by Gasteiger charge is -2.35. The molecule has 6 atom stereocenters. The SMILES string of the molecule is CCC[C@H](NC(=O)[C@H](C[C@H](C)OC(=O)N1CCc2ccccc2C1)N(C)C(=O)[C@@H](NC(=O)[C@@H](NC(=O)c1cnccn1)C(C)C)C(C)C)C(=O)C(=O)N1CC1C(=O)OC. The maximum Gasteiger partial charge on any atom is 0.410 e. The average Bonchev–Trinajstić information content (AvgIpc) is 4.03. The number of likely N-dealkylation sites (N-methyl/N-ethyl adjacent to an activating group) is 1. The van der Waals surface area contributed by atoms with E-state index >= 15 is 0 Å². The molecular weight excluding hydrogens is 764 g/mol. The van der Waals surface area contributed by atoms with Gasteiger partial charge in [-0.1, -0.05) is 65.3 Å². The molecule has 320 valence electrons. The van der Waals surface area contributed by atoms with E-state index in [9.17, 15) is 38.4 Å². The number of rotatable bonds is 18. The molecule has 1 fully saturated rings. The molecule has 0 aliphatic carbocycles. The van der Waals surface area contributed by atoms with Crippen LogP contribution in [-0.2, 0) is 51.2 Å². The second kappa shape index (κ2) is 20.7. The number of nitrogens with zero attached hydrogens (tertiary/aromatic N) is 5. The number of ether oxygens (including phenoxy) is 2. The summed E-state index contributed by atoms with van der Waals surface area (Å²) in [5.74, 6) is -6.28. The Labute approximate surface area is 344 Å². The molecule has 18 nitrogen and oxygen atoms in total. The van der Waals surface area contributed by atoms with Crippen molar-refractivity contribution in [3.05, 3.63) is 59.7 Å². The van der Waals surface area contributed by atoms with Gasteiger partial charge in [0.15, 0.2) is 0 Å². The highest BCUT2D eigenvalue weighted by molar-refractivity contribution is 6.39. The van der Waals surface area contributed by atoms with Gasteiger partial charge in [0.1, 0.15) is 36.0 Å². The first-order valence-electron chi connectivity index (χ1n) is 19.9. The second-order valence-electron chi connectivity index (χ2n) is 15.6. The van der Waals surface area contributed by atoms with Crippen LogP contribution in [0.15, 0.2) is 42.9 Å². The third kappa shape index (κ3) is 11.8. The molecular formula is C41H56N8O10. The van der Waals surface area contributed by atoms with Gasteiger partial charge < -0.3 is 40.1 Å². The van der Waals surface area contributed by atoms with E-state index in [0.717, 1.165) is 20.9 Å². The zero-order chi connectivity index (χ0) is 43.6. The lowest BCUT2D eigenvalue weighted by atomic mass is 9.97. The van der Waals surface area contributed by atoms with Crippen LogP contribution in [0, 0.1) is 11.8 Å². The number of Topliss-reactive ketones (excluding diaryl/α,β-unsaturated/α-hetero) is 1. The number of nitrogens with one attached hydrogen (secondary N) is 3. The van der Waals surface area contributed by atoms with Crippen LogP contribution in [0.4, 0.5) is 4.79 Å². The van der Waals surface area contributed by atoms with Crippen molar-refractivity contribution in [3.63, 3.8) is 0 Å². The molecule has 0 spiro atoms. The van der Waals surface area contributed by atoms with Gasteiger partial charge in [-0.05, 0) is 42.7 Å². The Kier molecular flexibility index (Phi) is 16.0. The number of hydrogen-bond donors (Lipinski definition) is 3. The molecule has 0 radical (unpaired) electrons. The molecule has 1 unspecified atom stereocenters. The van der Waals surface area contributed by atoms with Crippen LogP contribution in [0.25, 0.3) is 0 Å². The lowest BCUT2D eigenvalue weighted by molar-refractivity contribution is -0.147. The lowest BCUT2D eigenvalue weighted by Crippen LogP contribution is -2.60. The number of carbonyl (C=O) groups is 8. The molecule has 4 rings (SSSR count). The molecule has 3 heterocycles. The number of amides is 6. The van der Waals surface area contributed by atoms with Gasteiger partial charge in [0.25, 0.3) is 11.8 Å². The number of hydrogen-bond acceptors (Lipinski definition) is 12. The summed E-state index contributed by atoms with van der Waals surface area (Å²) in [5.41, 5.74) is 2.12. The predicted octanol–water partition coefficient (Wildman–Crippen LogP) is 1.41. The van der Waals surface area contributed by atoms with Crippen molar-refractivity contribution in [1.82, 2.24) is 40.6 Å². The monoisotopic (exact) mass is 820 g/mol. The number of fused-ring (bicyclic) bond motifs is 1. The van der Waals surface area contributed by atoms with Crippen LogP contribution < -0.4 is 16.0 Å². The molecule has 2 aliphatic heterocycles. The highest BCUT2D eigenvalue weighted by Gasteiger charge is 2.49. The minimum atomic E-state index is -1.37. The van der Waals surface area contributed by atoms with Gasteiger partial charge in [-0.25, -0.2) is 14.6 Å². The largest absolute Gasteiger partial charge is 0.467 e. The number of methoxy groups -OCH3 is 1.